The molecule has 0 saturated carbocycles. The van der Waals surface area contributed by atoms with Crippen LogP contribution in [-0.2, 0) is 11.3 Å². The van der Waals surface area contributed by atoms with E-state index in [0.29, 0.717) is 13.1 Å². The van der Waals surface area contributed by atoms with E-state index < -0.39 is 0 Å². The fraction of sp³-hybridized carbons (Fsp3) is 0.750. The predicted octanol–water partition coefficient (Wildman–Crippen LogP) is 1.17. The van der Waals surface area contributed by atoms with Crippen LogP contribution in [0.25, 0.3) is 0 Å². The number of rotatable bonds is 8. The van der Waals surface area contributed by atoms with E-state index in [0.717, 1.165) is 23.1 Å². The summed E-state index contributed by atoms with van der Waals surface area (Å²) in [4.78, 5) is 13.5. The maximum atomic E-state index is 11.4. The van der Waals surface area contributed by atoms with Crippen LogP contribution in [0.5, 0.6) is 0 Å². The highest BCUT2D eigenvalue weighted by Crippen LogP contribution is 2.16. The first-order valence-corrected chi connectivity index (χ1v) is 7.34. The number of aromatic nitrogens is 2. The van der Waals surface area contributed by atoms with Gasteiger partial charge in [0.1, 0.15) is 5.01 Å². The summed E-state index contributed by atoms with van der Waals surface area (Å²) in [6, 6.07) is 0. The zero-order valence-corrected chi connectivity index (χ0v) is 12.9. The molecule has 19 heavy (non-hydrogen) atoms. The Kier molecular flexibility index (Phi) is 6.72. The monoisotopic (exact) mass is 285 g/mol. The van der Waals surface area contributed by atoms with Crippen LogP contribution in [0.2, 0.25) is 0 Å². The van der Waals surface area contributed by atoms with Crippen LogP contribution in [0.4, 0.5) is 5.13 Å². The van der Waals surface area contributed by atoms with Crippen LogP contribution >= 0.6 is 11.3 Å². The minimum atomic E-state index is -0.0272. The summed E-state index contributed by atoms with van der Waals surface area (Å²) < 4.78 is 0. The molecule has 0 aromatic carbocycles. The van der Waals surface area contributed by atoms with Crippen molar-refractivity contribution in [3.8, 4) is 0 Å². The second-order valence-corrected chi connectivity index (χ2v) is 5.70. The van der Waals surface area contributed by atoms with Crippen molar-refractivity contribution in [2.24, 2.45) is 5.92 Å². The van der Waals surface area contributed by atoms with Gasteiger partial charge in [0.2, 0.25) is 11.0 Å². The van der Waals surface area contributed by atoms with Gasteiger partial charge in [0.15, 0.2) is 0 Å². The molecule has 108 valence electrons. The van der Waals surface area contributed by atoms with E-state index in [-0.39, 0.29) is 11.8 Å². The normalized spacial score (nSPS) is 12.5. The second kappa shape index (κ2) is 8.06. The molecule has 1 heterocycles. The molecule has 0 aliphatic carbocycles. The summed E-state index contributed by atoms with van der Waals surface area (Å²) in [5.41, 5.74) is 0. The van der Waals surface area contributed by atoms with Crippen LogP contribution in [-0.4, -0.2) is 48.2 Å². The summed E-state index contributed by atoms with van der Waals surface area (Å²) in [5, 5.41) is 15.9. The lowest BCUT2D eigenvalue weighted by molar-refractivity contribution is -0.124. The van der Waals surface area contributed by atoms with Gasteiger partial charge in [0, 0.05) is 26.1 Å². The summed E-state index contributed by atoms with van der Waals surface area (Å²) in [6.07, 6.45) is 1.07. The van der Waals surface area contributed by atoms with E-state index >= 15 is 0 Å². The lowest BCUT2D eigenvalue weighted by Gasteiger charge is -2.18. The lowest BCUT2D eigenvalue weighted by atomic mass is 10.1. The molecule has 1 rings (SSSR count). The van der Waals surface area contributed by atoms with Crippen LogP contribution in [0.15, 0.2) is 0 Å². The number of carbonyl (C=O) groups is 1. The molecule has 0 aliphatic rings. The molecule has 0 spiro atoms. The third-order valence-electron chi connectivity index (χ3n) is 2.68. The van der Waals surface area contributed by atoms with Crippen LogP contribution in [0.1, 0.15) is 25.3 Å². The molecule has 1 aromatic heterocycles. The average molecular weight is 285 g/mol. The number of hydrogen-bond acceptors (Lipinski definition) is 6. The second-order valence-electron chi connectivity index (χ2n) is 4.64. The molecule has 7 heteroatoms. The Hall–Kier alpha value is -1.21. The first kappa shape index (κ1) is 15.8. The molecule has 0 radical (unpaired) electrons. The van der Waals surface area contributed by atoms with Crippen LogP contribution < -0.4 is 10.6 Å². The quantitative estimate of drug-likeness (QED) is 0.750. The van der Waals surface area contributed by atoms with Gasteiger partial charge in [-0.2, -0.15) is 0 Å². The van der Waals surface area contributed by atoms with E-state index in [4.69, 9.17) is 0 Å². The SMILES string of the molecule is CCCNc1nnc(CN(C)CC(C)C(=O)NC)s1. The van der Waals surface area contributed by atoms with Gasteiger partial charge in [-0.05, 0) is 13.5 Å². The summed E-state index contributed by atoms with van der Waals surface area (Å²) in [6.45, 7) is 6.37. The Bertz CT molecular complexity index is 395. The molecule has 0 aliphatic heterocycles. The fourth-order valence-corrected chi connectivity index (χ4v) is 2.56. The molecule has 1 aromatic rings. The molecule has 2 N–H and O–H groups in total. The largest absolute Gasteiger partial charge is 0.360 e. The molecule has 0 bridgehead atoms. The number of nitrogens with one attached hydrogen (secondary N) is 2. The smallest absolute Gasteiger partial charge is 0.223 e. The van der Waals surface area contributed by atoms with E-state index in [2.05, 4.69) is 32.7 Å². The van der Waals surface area contributed by atoms with Crippen LogP contribution in [0.3, 0.4) is 0 Å². The Morgan fingerprint density at radius 2 is 2.21 bits per heavy atom. The van der Waals surface area contributed by atoms with Gasteiger partial charge >= 0.3 is 0 Å². The number of hydrogen-bond donors (Lipinski definition) is 2. The highest BCUT2D eigenvalue weighted by molar-refractivity contribution is 7.15. The average Bonchev–Trinajstić information content (AvgIpc) is 2.82. The van der Waals surface area contributed by atoms with E-state index in [1.54, 1.807) is 18.4 Å². The van der Waals surface area contributed by atoms with Gasteiger partial charge in [-0.25, -0.2) is 0 Å². The third kappa shape index (κ3) is 5.52. The lowest BCUT2D eigenvalue weighted by Crippen LogP contribution is -2.34. The predicted molar refractivity (Wildman–Crippen MR) is 78.3 cm³/mol. The standard InChI is InChI=1S/C12H23N5OS/c1-5-6-14-12-16-15-10(19-12)8-17(4)7-9(2)11(18)13-3/h9H,5-8H2,1-4H3,(H,13,18)(H,14,16). The number of carbonyl (C=O) groups excluding carboxylic acids is 1. The summed E-state index contributed by atoms with van der Waals surface area (Å²) >= 11 is 1.57. The van der Waals surface area contributed by atoms with Crippen molar-refractivity contribution < 1.29 is 4.79 Å². The number of amides is 1. The minimum Gasteiger partial charge on any atom is -0.360 e. The van der Waals surface area contributed by atoms with Gasteiger partial charge in [-0.3, -0.25) is 9.69 Å². The highest BCUT2D eigenvalue weighted by atomic mass is 32.1. The molecular weight excluding hydrogens is 262 g/mol. The number of anilines is 1. The van der Waals surface area contributed by atoms with Gasteiger partial charge < -0.3 is 10.6 Å². The van der Waals surface area contributed by atoms with Gasteiger partial charge in [0.05, 0.1) is 6.54 Å². The Morgan fingerprint density at radius 1 is 1.47 bits per heavy atom. The topological polar surface area (TPSA) is 70.2 Å². The molecule has 0 saturated heterocycles. The van der Waals surface area contributed by atoms with E-state index in [1.807, 2.05) is 14.0 Å². The molecule has 0 fully saturated rings. The van der Waals surface area contributed by atoms with Gasteiger partial charge in [0.25, 0.3) is 0 Å². The maximum Gasteiger partial charge on any atom is 0.223 e. The maximum absolute atomic E-state index is 11.4. The van der Waals surface area contributed by atoms with Crippen molar-refractivity contribution in [2.75, 3.05) is 32.5 Å². The highest BCUT2D eigenvalue weighted by Gasteiger charge is 2.15. The zero-order valence-electron chi connectivity index (χ0n) is 12.1. The summed E-state index contributed by atoms with van der Waals surface area (Å²) in [7, 11) is 3.65. The zero-order chi connectivity index (χ0) is 14.3. The molecule has 1 amide bonds. The fourth-order valence-electron chi connectivity index (χ4n) is 1.71. The van der Waals surface area contributed by atoms with E-state index in [1.165, 1.54) is 0 Å². The van der Waals surface area contributed by atoms with Crippen molar-refractivity contribution in [3.63, 3.8) is 0 Å². The van der Waals surface area contributed by atoms with Crippen molar-refractivity contribution in [1.82, 2.24) is 20.4 Å². The molecular formula is C12H23N5OS. The first-order chi connectivity index (χ1) is 9.06. The van der Waals surface area contributed by atoms with Crippen molar-refractivity contribution >= 4 is 22.4 Å². The minimum absolute atomic E-state index is 0.0272. The molecule has 1 atom stereocenters. The Balaban J connectivity index is 2.41. The van der Waals surface area contributed by atoms with Crippen molar-refractivity contribution in [2.45, 2.75) is 26.8 Å². The van der Waals surface area contributed by atoms with Gasteiger partial charge in [-0.15, -0.1) is 10.2 Å². The molecule has 6 nitrogen and oxygen atoms in total. The van der Waals surface area contributed by atoms with E-state index in [9.17, 15) is 4.79 Å². The van der Waals surface area contributed by atoms with Crippen molar-refractivity contribution in [3.05, 3.63) is 5.01 Å². The Morgan fingerprint density at radius 3 is 2.84 bits per heavy atom. The Labute approximate surface area is 118 Å². The van der Waals surface area contributed by atoms with Crippen LogP contribution in [0, 0.1) is 5.92 Å². The van der Waals surface area contributed by atoms with Gasteiger partial charge in [-0.1, -0.05) is 25.2 Å². The first-order valence-electron chi connectivity index (χ1n) is 6.53. The number of nitrogens with zero attached hydrogens (tertiary/aromatic N) is 3. The third-order valence-corrected chi connectivity index (χ3v) is 3.54. The summed E-state index contributed by atoms with van der Waals surface area (Å²) in [5.74, 6) is 0.0371. The molecule has 1 unspecified atom stereocenters. The van der Waals surface area contributed by atoms with Crippen molar-refractivity contribution in [1.29, 1.82) is 0 Å².